The van der Waals surface area contributed by atoms with E-state index in [9.17, 15) is 84.2 Å². The highest BCUT2D eigenvalue weighted by molar-refractivity contribution is 8.77. The van der Waals surface area contributed by atoms with Crippen molar-refractivity contribution in [2.24, 2.45) is 0 Å². The van der Waals surface area contributed by atoms with Gasteiger partial charge in [0, 0.05) is 60.8 Å². The SMILES string of the molecule is CCCC(C)(CCC(=O)Nc1cccc(NCC(O)[C@H](O)[C@H](O)C(O)CO[C@@H]2OC(C(=O)O)[C@H](O[C@@H]3OC(COS(=O)(=O)O)[C@@H](OC)[C@@H](O)C3NS(=O)(=O)O)CC2OS(=O)(=O)O)c1)NC(=O)CNC(=O)CCCCC1CCSS1. The number of amides is 3. The monoisotopic (exact) mass is 1230 g/mol. The van der Waals surface area contributed by atoms with Crippen LogP contribution in [-0.2, 0) is 82.3 Å². The summed E-state index contributed by atoms with van der Waals surface area (Å²) in [6.07, 6.45) is -20.1. The van der Waals surface area contributed by atoms with Gasteiger partial charge in [0.25, 0.3) is 0 Å². The van der Waals surface area contributed by atoms with Gasteiger partial charge in [0.1, 0.15) is 54.9 Å². The van der Waals surface area contributed by atoms with Crippen molar-refractivity contribution in [2.45, 2.75) is 169 Å². The highest BCUT2D eigenvalue weighted by Crippen LogP contribution is 2.40. The van der Waals surface area contributed by atoms with Crippen LogP contribution in [0.15, 0.2) is 24.3 Å². The second kappa shape index (κ2) is 31.5. The van der Waals surface area contributed by atoms with E-state index in [0.29, 0.717) is 35.9 Å². The minimum atomic E-state index is -5.48. The van der Waals surface area contributed by atoms with Crippen LogP contribution in [0.2, 0.25) is 0 Å². The molecule has 15 atom stereocenters. The number of anilines is 2. The molecule has 4 rings (SSSR count). The van der Waals surface area contributed by atoms with Gasteiger partial charge in [-0.2, -0.15) is 30.0 Å². The van der Waals surface area contributed by atoms with E-state index >= 15 is 0 Å². The van der Waals surface area contributed by atoms with E-state index < -0.39 is 154 Å². The zero-order valence-electron chi connectivity index (χ0n) is 43.0. The fraction of sp³-hybridized carbons (Fsp3) is 0.767. The number of benzene rings is 1. The molecule has 0 aromatic heterocycles. The van der Waals surface area contributed by atoms with Gasteiger partial charge in [0.05, 0.1) is 25.9 Å². The number of aliphatic carboxylic acids is 1. The molecule has 1 aromatic carbocycles. The van der Waals surface area contributed by atoms with E-state index in [1.54, 1.807) is 22.9 Å². The summed E-state index contributed by atoms with van der Waals surface area (Å²) in [7, 11) is -11.2. The van der Waals surface area contributed by atoms with Gasteiger partial charge in [0.15, 0.2) is 18.7 Å². The first-order valence-corrected chi connectivity index (χ1v) is 31.2. The van der Waals surface area contributed by atoms with Crippen molar-refractivity contribution >= 4 is 87.8 Å². The number of aliphatic hydroxyl groups is 5. The molecular formula is C43H71N5O26S5. The van der Waals surface area contributed by atoms with E-state index in [4.69, 9.17) is 28.2 Å². The third-order valence-corrected chi connectivity index (χ3v) is 17.0. The van der Waals surface area contributed by atoms with Crippen LogP contribution in [0, 0.1) is 0 Å². The van der Waals surface area contributed by atoms with E-state index in [0.717, 1.165) is 32.1 Å². The summed E-state index contributed by atoms with van der Waals surface area (Å²) in [5.41, 5.74) is -0.125. The Hall–Kier alpha value is -3.19. The highest BCUT2D eigenvalue weighted by atomic mass is 33.1. The molecule has 3 amide bonds. The molecular weight excluding hydrogens is 1160 g/mol. The Morgan fingerprint density at radius 3 is 2.19 bits per heavy atom. The molecule has 3 heterocycles. The van der Waals surface area contributed by atoms with Crippen LogP contribution in [0.4, 0.5) is 11.4 Å². The van der Waals surface area contributed by atoms with Crippen LogP contribution in [0.5, 0.6) is 0 Å². The summed E-state index contributed by atoms with van der Waals surface area (Å²) in [6.45, 7) is 0.812. The van der Waals surface area contributed by atoms with Gasteiger partial charge in [-0.3, -0.25) is 28.0 Å². The van der Waals surface area contributed by atoms with E-state index in [1.807, 2.05) is 35.4 Å². The van der Waals surface area contributed by atoms with Gasteiger partial charge < -0.3 is 75.6 Å². The number of hydrogen-bond donors (Lipinski definition) is 14. The quantitative estimate of drug-likeness (QED) is 0.0206. The Labute approximate surface area is 464 Å². The maximum Gasteiger partial charge on any atom is 0.397 e. The Kier molecular flexibility index (Phi) is 27.2. The number of carbonyl (C=O) groups is 4. The number of carboxylic acids is 1. The van der Waals surface area contributed by atoms with Crippen molar-refractivity contribution in [3.8, 4) is 0 Å². The third-order valence-electron chi connectivity index (χ3n) is 12.5. The molecule has 0 bridgehead atoms. The molecule has 31 nitrogen and oxygen atoms in total. The van der Waals surface area contributed by atoms with Crippen molar-refractivity contribution in [3.63, 3.8) is 0 Å². The predicted molar refractivity (Wildman–Crippen MR) is 278 cm³/mol. The number of unbranched alkanes of at least 4 members (excludes halogenated alkanes) is 1. The lowest BCUT2D eigenvalue weighted by Crippen LogP contribution is -2.66. The number of carbonyl (C=O) groups excluding carboxylic acids is 3. The zero-order valence-corrected chi connectivity index (χ0v) is 47.1. The lowest BCUT2D eigenvalue weighted by molar-refractivity contribution is -0.320. The lowest BCUT2D eigenvalue weighted by Gasteiger charge is -2.46. The number of methoxy groups -OCH3 is 1. The number of ether oxygens (including phenoxy) is 5. The molecule has 36 heteroatoms. The highest BCUT2D eigenvalue weighted by Gasteiger charge is 2.52. The number of aliphatic hydroxyl groups excluding tert-OH is 5. The molecule has 0 radical (unpaired) electrons. The summed E-state index contributed by atoms with van der Waals surface area (Å²) in [6, 6.07) is 4.04. The first-order valence-electron chi connectivity index (χ1n) is 24.7. The standard InChI is InChI=1S/C43H71N5O26S5/c1-4-14-43(2,47-33(53)20-45-31(51)11-6-5-10-25-13-16-75-76-25)15-12-32(52)46-24-9-7-8-23(17-24)44-19-26(49)35(54)36(55)27(50)21-69-41-29(74-79(65,66)67)18-28(39(73-41)40(57)58)71-42-34(48-77(59,60)61)37(56)38(68-3)30(72-42)22-70-78(62,63)64/h7-9,17,25-30,34-39,41-42,44,48-50,54-56H,4-6,10-16,18-22H2,1-3H3,(H,45,51)(H,46,52)(H,47,53)(H,57,58)(H,59,60,61)(H,62,63,64)(H,65,66,67)/t25?,26?,27?,28-,29?,30?,34?,35+,36-,37+,38-,39?,41-,42-,43?/m1/s1. The zero-order chi connectivity index (χ0) is 58.9. The van der Waals surface area contributed by atoms with E-state index in [1.165, 1.54) is 12.5 Å². The molecule has 3 aliphatic heterocycles. The van der Waals surface area contributed by atoms with E-state index in [2.05, 4.69) is 29.6 Å². The van der Waals surface area contributed by atoms with Crippen LogP contribution < -0.4 is 26.0 Å². The van der Waals surface area contributed by atoms with Crippen molar-refractivity contribution in [3.05, 3.63) is 24.3 Å². The molecule has 79 heavy (non-hydrogen) atoms. The Bertz CT molecular complexity index is 2480. The Morgan fingerprint density at radius 2 is 1.57 bits per heavy atom. The summed E-state index contributed by atoms with van der Waals surface area (Å²) in [5, 5.41) is 75.9. The average Bonchev–Trinajstić information content (AvgIpc) is 3.92. The Morgan fingerprint density at radius 1 is 0.873 bits per heavy atom. The molecule has 3 saturated heterocycles. The number of nitrogens with one attached hydrogen (secondary N) is 5. The molecule has 0 aliphatic carbocycles. The summed E-state index contributed by atoms with van der Waals surface area (Å²) in [4.78, 5) is 50.8. The first-order chi connectivity index (χ1) is 36.9. The van der Waals surface area contributed by atoms with E-state index in [-0.39, 0.29) is 31.2 Å². The second-order valence-electron chi connectivity index (χ2n) is 19.0. The Balaban J connectivity index is 1.30. The minimum absolute atomic E-state index is 0.00414. The van der Waals surface area contributed by atoms with Gasteiger partial charge in [-0.25, -0.2) is 13.2 Å². The molecule has 0 saturated carbocycles. The number of hydrogen-bond acceptors (Lipinski definition) is 25. The smallest absolute Gasteiger partial charge is 0.397 e. The summed E-state index contributed by atoms with van der Waals surface area (Å²) in [5.74, 6) is -1.74. The van der Waals surface area contributed by atoms with Crippen LogP contribution in [0.1, 0.15) is 78.1 Å². The average molecular weight is 1230 g/mol. The van der Waals surface area contributed by atoms with Gasteiger partial charge in [-0.05, 0) is 57.2 Å². The predicted octanol–water partition coefficient (Wildman–Crippen LogP) is -1.76. The van der Waals surface area contributed by atoms with Gasteiger partial charge in [-0.1, -0.05) is 47.4 Å². The van der Waals surface area contributed by atoms with Crippen LogP contribution in [-0.4, -0.2) is 223 Å². The third kappa shape index (κ3) is 23.9. The van der Waals surface area contributed by atoms with Gasteiger partial charge in [-0.15, -0.1) is 0 Å². The largest absolute Gasteiger partial charge is 0.479 e. The summed E-state index contributed by atoms with van der Waals surface area (Å²) < 4.78 is 135. The summed E-state index contributed by atoms with van der Waals surface area (Å²) >= 11 is 0. The van der Waals surface area contributed by atoms with Crippen molar-refractivity contribution in [1.82, 2.24) is 15.4 Å². The second-order valence-corrected chi connectivity index (χ2v) is 25.1. The molecule has 454 valence electrons. The first kappa shape index (κ1) is 68.3. The maximum absolute atomic E-state index is 13.1. The fourth-order valence-corrected chi connectivity index (χ4v) is 13.1. The van der Waals surface area contributed by atoms with Gasteiger partial charge in [0.2, 0.25) is 17.7 Å². The molecule has 14 N–H and O–H groups in total. The number of rotatable bonds is 34. The molecule has 8 unspecified atom stereocenters. The molecule has 3 aliphatic rings. The maximum atomic E-state index is 13.1. The van der Waals surface area contributed by atoms with Crippen LogP contribution in [0.3, 0.4) is 0 Å². The van der Waals surface area contributed by atoms with Crippen LogP contribution >= 0.6 is 21.6 Å². The molecule has 0 spiro atoms. The lowest BCUT2D eigenvalue weighted by atomic mass is 9.90. The topological polar surface area (TPSA) is 478 Å². The molecule has 1 aromatic rings. The number of carboxylic acid groups (broad SMARTS) is 1. The van der Waals surface area contributed by atoms with Gasteiger partial charge >= 0.3 is 37.1 Å². The fourth-order valence-electron chi connectivity index (χ4n) is 8.68. The van der Waals surface area contributed by atoms with Crippen molar-refractivity contribution in [2.75, 3.05) is 49.8 Å². The van der Waals surface area contributed by atoms with Crippen LogP contribution in [0.25, 0.3) is 0 Å². The minimum Gasteiger partial charge on any atom is -0.479 e. The molecule has 3 fully saturated rings. The normalized spacial score (nSPS) is 27.2. The van der Waals surface area contributed by atoms with Crippen molar-refractivity contribution < 1.29 is 121 Å². The van der Waals surface area contributed by atoms with Crippen molar-refractivity contribution in [1.29, 1.82) is 0 Å².